The molecule has 0 bridgehead atoms. The Morgan fingerprint density at radius 1 is 1.04 bits per heavy atom. The maximum Gasteiger partial charge on any atom is 0.442 e. The summed E-state index contributed by atoms with van der Waals surface area (Å²) in [7, 11) is 0. The van der Waals surface area contributed by atoms with Crippen LogP contribution in [-0.2, 0) is 10.5 Å². The zero-order valence-corrected chi connectivity index (χ0v) is 12.9. The van der Waals surface area contributed by atoms with Crippen molar-refractivity contribution in [3.63, 3.8) is 0 Å². The number of carbonyl (C=O) groups excluding carboxylic acids is 1. The van der Waals surface area contributed by atoms with Gasteiger partial charge in [-0.2, -0.15) is 0 Å². The van der Waals surface area contributed by atoms with E-state index in [4.69, 9.17) is 4.74 Å². The lowest BCUT2D eigenvalue weighted by molar-refractivity contribution is -0.156. The van der Waals surface area contributed by atoms with E-state index < -0.39 is 22.6 Å². The lowest BCUT2D eigenvalue weighted by Gasteiger charge is -2.34. The highest BCUT2D eigenvalue weighted by atomic mass is 19.2. The summed E-state index contributed by atoms with van der Waals surface area (Å²) in [6, 6.07) is 16.0. The first kappa shape index (κ1) is 15.5. The van der Waals surface area contributed by atoms with Crippen LogP contribution in [0.3, 0.4) is 0 Å². The number of alkyl halides is 1. The van der Waals surface area contributed by atoms with Gasteiger partial charge in [-0.1, -0.05) is 71.1 Å². The minimum Gasteiger partial charge on any atom is -0.435 e. The van der Waals surface area contributed by atoms with E-state index in [1.54, 1.807) is 19.1 Å². The molecule has 0 saturated carbocycles. The molecule has 1 amide bonds. The molecule has 2 aromatic carbocycles. The van der Waals surface area contributed by atoms with Crippen molar-refractivity contribution in [3.05, 3.63) is 60.2 Å². The van der Waals surface area contributed by atoms with Gasteiger partial charge in [0.25, 0.3) is 5.79 Å². The predicted molar refractivity (Wildman–Crippen MR) is 82.8 cm³/mol. The molecule has 1 fully saturated rings. The number of halogens is 2. The molecule has 1 aliphatic rings. The average Bonchev–Trinajstić information content (AvgIpc) is 2.77. The van der Waals surface area contributed by atoms with Crippen molar-refractivity contribution in [3.8, 4) is 11.1 Å². The second-order valence-corrected chi connectivity index (χ2v) is 5.80. The number of rotatable bonds is 3. The molecule has 5 heteroatoms. The van der Waals surface area contributed by atoms with E-state index >= 15 is 4.39 Å². The summed E-state index contributed by atoms with van der Waals surface area (Å²) in [6.07, 6.45) is -1.15. The average molecular weight is 317 g/mol. The minimum absolute atomic E-state index is 0.0508. The molecule has 0 radical (unpaired) electrons. The summed E-state index contributed by atoms with van der Waals surface area (Å²) >= 11 is 0. The standard InChI is InChI=1S/C18H17F2NO2/c1-3-17(2)18(19,21(20)16(22)23-17)15-11-9-14(10-12-15)13-7-5-4-6-8-13/h4-12H,3H2,1-2H3. The van der Waals surface area contributed by atoms with Gasteiger partial charge in [-0.25, -0.2) is 9.18 Å². The molecule has 0 aromatic heterocycles. The fraction of sp³-hybridized carbons (Fsp3) is 0.278. The molecule has 23 heavy (non-hydrogen) atoms. The van der Waals surface area contributed by atoms with Crippen LogP contribution in [-0.4, -0.2) is 16.8 Å². The van der Waals surface area contributed by atoms with Crippen molar-refractivity contribution in [2.45, 2.75) is 31.7 Å². The summed E-state index contributed by atoms with van der Waals surface area (Å²) in [5.74, 6) is -2.64. The van der Waals surface area contributed by atoms with Crippen LogP contribution in [0.15, 0.2) is 54.6 Å². The highest BCUT2D eigenvalue weighted by Gasteiger charge is 2.65. The van der Waals surface area contributed by atoms with Gasteiger partial charge in [-0.05, 0) is 24.5 Å². The summed E-state index contributed by atoms with van der Waals surface area (Å²) in [5.41, 5.74) is 0.329. The normalized spacial score (nSPS) is 27.1. The van der Waals surface area contributed by atoms with Gasteiger partial charge in [0.05, 0.1) is 0 Å². The summed E-state index contributed by atoms with van der Waals surface area (Å²) in [5, 5.41) is -0.450. The molecule has 0 N–H and O–H groups in total. The third-order valence-electron chi connectivity index (χ3n) is 4.49. The number of hydrogen-bond acceptors (Lipinski definition) is 2. The minimum atomic E-state index is -2.64. The van der Waals surface area contributed by atoms with Crippen LogP contribution >= 0.6 is 0 Å². The molecular formula is C18H17F2NO2. The van der Waals surface area contributed by atoms with Crippen LogP contribution in [0, 0.1) is 0 Å². The molecule has 1 saturated heterocycles. The lowest BCUT2D eigenvalue weighted by atomic mass is 9.85. The smallest absolute Gasteiger partial charge is 0.435 e. The van der Waals surface area contributed by atoms with E-state index in [2.05, 4.69) is 0 Å². The van der Waals surface area contributed by atoms with E-state index in [0.717, 1.165) is 11.1 Å². The fourth-order valence-electron chi connectivity index (χ4n) is 2.87. The Morgan fingerprint density at radius 3 is 2.17 bits per heavy atom. The van der Waals surface area contributed by atoms with Gasteiger partial charge in [-0.15, -0.1) is 0 Å². The highest BCUT2D eigenvalue weighted by Crippen LogP contribution is 2.50. The van der Waals surface area contributed by atoms with Gasteiger partial charge in [0, 0.05) is 5.56 Å². The Hall–Kier alpha value is -2.43. The third-order valence-corrected chi connectivity index (χ3v) is 4.49. The van der Waals surface area contributed by atoms with E-state index in [0.29, 0.717) is 0 Å². The number of hydrogen-bond donors (Lipinski definition) is 0. The largest absolute Gasteiger partial charge is 0.442 e. The second kappa shape index (κ2) is 5.33. The number of nitrogens with zero attached hydrogens (tertiary/aromatic N) is 1. The van der Waals surface area contributed by atoms with Crippen molar-refractivity contribution < 1.29 is 18.4 Å². The maximum atomic E-state index is 15.5. The van der Waals surface area contributed by atoms with Crippen LogP contribution < -0.4 is 0 Å². The van der Waals surface area contributed by atoms with Gasteiger partial charge in [0.2, 0.25) is 0 Å². The molecule has 3 nitrogen and oxygen atoms in total. The van der Waals surface area contributed by atoms with Crippen LogP contribution in [0.1, 0.15) is 25.8 Å². The Morgan fingerprint density at radius 2 is 1.61 bits per heavy atom. The fourth-order valence-corrected chi connectivity index (χ4v) is 2.87. The molecule has 120 valence electrons. The monoisotopic (exact) mass is 317 g/mol. The van der Waals surface area contributed by atoms with Gasteiger partial charge in [0.15, 0.2) is 5.60 Å². The first-order valence-corrected chi connectivity index (χ1v) is 7.46. The molecule has 3 rings (SSSR count). The van der Waals surface area contributed by atoms with Crippen molar-refractivity contribution in [2.75, 3.05) is 0 Å². The SMILES string of the molecule is CCC1(C)OC(=O)N(F)C1(F)c1ccc(-c2ccccc2)cc1. The Labute approximate surface area is 133 Å². The summed E-state index contributed by atoms with van der Waals surface area (Å²) in [4.78, 5) is 11.5. The first-order valence-electron chi connectivity index (χ1n) is 7.46. The summed E-state index contributed by atoms with van der Waals surface area (Å²) in [6.45, 7) is 3.05. The molecule has 1 aliphatic heterocycles. The van der Waals surface area contributed by atoms with Crippen LogP contribution in [0.4, 0.5) is 13.7 Å². The third kappa shape index (κ3) is 2.19. The summed E-state index contributed by atoms with van der Waals surface area (Å²) < 4.78 is 34.6. The first-order chi connectivity index (χ1) is 10.9. The van der Waals surface area contributed by atoms with Gasteiger partial charge in [0.1, 0.15) is 0 Å². The van der Waals surface area contributed by atoms with Crippen molar-refractivity contribution in [1.82, 2.24) is 5.12 Å². The number of amides is 1. The van der Waals surface area contributed by atoms with E-state index in [1.165, 1.54) is 19.1 Å². The van der Waals surface area contributed by atoms with E-state index in [-0.39, 0.29) is 12.0 Å². The van der Waals surface area contributed by atoms with Crippen molar-refractivity contribution in [1.29, 1.82) is 0 Å². The predicted octanol–water partition coefficient (Wildman–Crippen LogP) is 4.98. The zero-order chi connectivity index (χ0) is 16.7. The molecule has 1 heterocycles. The molecule has 2 aromatic rings. The number of cyclic esters (lactones) is 1. The second-order valence-electron chi connectivity index (χ2n) is 5.80. The Balaban J connectivity index is 2.02. The molecule has 0 aliphatic carbocycles. The number of carbonyl (C=O) groups is 1. The van der Waals surface area contributed by atoms with Crippen molar-refractivity contribution in [2.24, 2.45) is 0 Å². The van der Waals surface area contributed by atoms with Crippen molar-refractivity contribution >= 4 is 6.09 Å². The molecule has 2 atom stereocenters. The zero-order valence-electron chi connectivity index (χ0n) is 12.9. The lowest BCUT2D eigenvalue weighted by Crippen LogP contribution is -2.48. The van der Waals surface area contributed by atoms with E-state index in [1.807, 2.05) is 30.3 Å². The molecular weight excluding hydrogens is 300 g/mol. The van der Waals surface area contributed by atoms with Gasteiger partial charge in [-0.3, -0.25) is 0 Å². The van der Waals surface area contributed by atoms with Gasteiger partial charge >= 0.3 is 6.09 Å². The molecule has 0 spiro atoms. The Kier molecular flexibility index (Phi) is 3.59. The topological polar surface area (TPSA) is 29.5 Å². The maximum absolute atomic E-state index is 15.5. The highest BCUT2D eigenvalue weighted by molar-refractivity contribution is 5.72. The van der Waals surface area contributed by atoms with Crippen LogP contribution in [0.2, 0.25) is 0 Å². The number of ether oxygens (including phenoxy) is 1. The van der Waals surface area contributed by atoms with Crippen LogP contribution in [0.25, 0.3) is 11.1 Å². The Bertz CT molecular complexity index is 720. The van der Waals surface area contributed by atoms with Gasteiger partial charge < -0.3 is 4.74 Å². The number of benzene rings is 2. The van der Waals surface area contributed by atoms with Crippen LogP contribution in [0.5, 0.6) is 0 Å². The van der Waals surface area contributed by atoms with E-state index in [9.17, 15) is 9.28 Å². The molecule has 2 unspecified atom stereocenters. The quantitative estimate of drug-likeness (QED) is 0.590.